The summed E-state index contributed by atoms with van der Waals surface area (Å²) in [4.78, 5) is 0. The van der Waals surface area contributed by atoms with E-state index in [-0.39, 0.29) is 11.4 Å². The highest BCUT2D eigenvalue weighted by Crippen LogP contribution is 2.25. The molecule has 5 heteroatoms. The van der Waals surface area contributed by atoms with E-state index in [0.717, 1.165) is 16.7 Å². The van der Waals surface area contributed by atoms with Gasteiger partial charge in [-0.05, 0) is 30.5 Å². The van der Waals surface area contributed by atoms with Crippen LogP contribution in [0.1, 0.15) is 27.8 Å². The van der Waals surface area contributed by atoms with Crippen LogP contribution in [0.2, 0.25) is 0 Å². The standard InChI is InChI=1S/C20H20N4O/c1-14-8-9-17(15(2)10-14)13-25-20-18(11-21)19(22)24(23-20)12-16-6-4-3-5-7-16/h3-10H,12-13,22H2,1-2H3. The summed E-state index contributed by atoms with van der Waals surface area (Å²) < 4.78 is 7.40. The Morgan fingerprint density at radius 2 is 1.92 bits per heavy atom. The number of nitriles is 1. The molecular formula is C20H20N4O. The molecule has 0 spiro atoms. The monoisotopic (exact) mass is 332 g/mol. The third-order valence-corrected chi connectivity index (χ3v) is 4.11. The highest BCUT2D eigenvalue weighted by molar-refractivity contribution is 5.55. The minimum absolute atomic E-state index is 0.274. The summed E-state index contributed by atoms with van der Waals surface area (Å²) in [6.45, 7) is 4.94. The van der Waals surface area contributed by atoms with Gasteiger partial charge in [-0.15, -0.1) is 5.10 Å². The Bertz CT molecular complexity index is 923. The second kappa shape index (κ2) is 7.10. The fraction of sp³-hybridized carbons (Fsp3) is 0.200. The summed E-state index contributed by atoms with van der Waals surface area (Å²) in [5.41, 5.74) is 10.8. The van der Waals surface area contributed by atoms with Crippen molar-refractivity contribution in [3.05, 3.63) is 76.3 Å². The molecule has 3 rings (SSSR count). The van der Waals surface area contributed by atoms with E-state index < -0.39 is 0 Å². The third kappa shape index (κ3) is 3.64. The molecule has 5 nitrogen and oxygen atoms in total. The summed E-state index contributed by atoms with van der Waals surface area (Å²) in [7, 11) is 0. The molecule has 0 aliphatic heterocycles. The minimum Gasteiger partial charge on any atom is -0.471 e. The SMILES string of the molecule is Cc1ccc(COc2nn(Cc3ccccc3)c(N)c2C#N)c(C)c1. The van der Waals surface area contributed by atoms with Crippen molar-refractivity contribution in [2.75, 3.05) is 5.73 Å². The molecule has 0 aliphatic carbocycles. The average Bonchev–Trinajstić information content (AvgIpc) is 2.90. The lowest BCUT2D eigenvalue weighted by Crippen LogP contribution is -2.06. The van der Waals surface area contributed by atoms with E-state index >= 15 is 0 Å². The molecule has 2 aromatic carbocycles. The zero-order chi connectivity index (χ0) is 17.8. The maximum atomic E-state index is 9.40. The molecule has 126 valence electrons. The largest absolute Gasteiger partial charge is 0.471 e. The summed E-state index contributed by atoms with van der Waals surface area (Å²) in [5, 5.41) is 13.8. The van der Waals surface area contributed by atoms with Crippen LogP contribution in [0.25, 0.3) is 0 Å². The van der Waals surface area contributed by atoms with E-state index in [4.69, 9.17) is 10.5 Å². The number of ether oxygens (including phenoxy) is 1. The number of benzene rings is 2. The lowest BCUT2D eigenvalue weighted by atomic mass is 10.1. The number of anilines is 1. The summed E-state index contributed by atoms with van der Waals surface area (Å²) in [6, 6.07) is 18.1. The molecule has 0 saturated carbocycles. The van der Waals surface area contributed by atoms with Gasteiger partial charge < -0.3 is 10.5 Å². The van der Waals surface area contributed by atoms with Crippen molar-refractivity contribution in [1.29, 1.82) is 5.26 Å². The molecule has 1 heterocycles. The number of rotatable bonds is 5. The van der Waals surface area contributed by atoms with Crippen LogP contribution in [0.4, 0.5) is 5.82 Å². The van der Waals surface area contributed by atoms with Crippen molar-refractivity contribution in [2.24, 2.45) is 0 Å². The van der Waals surface area contributed by atoms with Gasteiger partial charge in [-0.2, -0.15) is 5.26 Å². The first-order valence-corrected chi connectivity index (χ1v) is 8.07. The molecule has 0 radical (unpaired) electrons. The lowest BCUT2D eigenvalue weighted by Gasteiger charge is -2.07. The molecule has 0 aliphatic rings. The van der Waals surface area contributed by atoms with Gasteiger partial charge in [0.1, 0.15) is 18.5 Å². The van der Waals surface area contributed by atoms with Crippen LogP contribution in [0.5, 0.6) is 5.88 Å². The van der Waals surface area contributed by atoms with E-state index in [1.165, 1.54) is 5.56 Å². The van der Waals surface area contributed by atoms with Gasteiger partial charge in [0.15, 0.2) is 5.56 Å². The van der Waals surface area contributed by atoms with Crippen LogP contribution in [0.3, 0.4) is 0 Å². The van der Waals surface area contributed by atoms with Crippen LogP contribution in [-0.2, 0) is 13.2 Å². The number of nitrogen functional groups attached to an aromatic ring is 1. The molecule has 0 saturated heterocycles. The van der Waals surface area contributed by atoms with Gasteiger partial charge in [0.2, 0.25) is 0 Å². The van der Waals surface area contributed by atoms with Crippen LogP contribution in [0, 0.1) is 25.2 Å². The quantitative estimate of drug-likeness (QED) is 0.774. The summed E-state index contributed by atoms with van der Waals surface area (Å²) >= 11 is 0. The Balaban J connectivity index is 1.81. The maximum absolute atomic E-state index is 9.40. The van der Waals surface area contributed by atoms with Gasteiger partial charge in [-0.3, -0.25) is 0 Å². The molecule has 1 aromatic heterocycles. The average molecular weight is 332 g/mol. The molecule has 25 heavy (non-hydrogen) atoms. The fourth-order valence-electron chi connectivity index (χ4n) is 2.69. The molecule has 3 aromatic rings. The highest BCUT2D eigenvalue weighted by atomic mass is 16.5. The summed E-state index contributed by atoms with van der Waals surface area (Å²) in [5.74, 6) is 0.595. The second-order valence-corrected chi connectivity index (χ2v) is 6.04. The van der Waals surface area contributed by atoms with Gasteiger partial charge in [0.05, 0.1) is 6.54 Å². The number of hydrogen-bond donors (Lipinski definition) is 1. The van der Waals surface area contributed by atoms with Crippen LogP contribution < -0.4 is 10.5 Å². The summed E-state index contributed by atoms with van der Waals surface area (Å²) in [6.07, 6.45) is 0. The van der Waals surface area contributed by atoms with Gasteiger partial charge in [-0.25, -0.2) is 4.68 Å². The van der Waals surface area contributed by atoms with Gasteiger partial charge in [0.25, 0.3) is 5.88 Å². The van der Waals surface area contributed by atoms with Crippen LogP contribution >= 0.6 is 0 Å². The van der Waals surface area contributed by atoms with E-state index in [9.17, 15) is 5.26 Å². The predicted molar refractivity (Wildman–Crippen MR) is 97.1 cm³/mol. The number of hydrogen-bond acceptors (Lipinski definition) is 4. The highest BCUT2D eigenvalue weighted by Gasteiger charge is 2.17. The topological polar surface area (TPSA) is 76.9 Å². The maximum Gasteiger partial charge on any atom is 0.253 e. The molecule has 0 unspecified atom stereocenters. The van der Waals surface area contributed by atoms with Gasteiger partial charge >= 0.3 is 0 Å². The number of aryl methyl sites for hydroxylation is 2. The first-order chi connectivity index (χ1) is 12.1. The molecule has 0 amide bonds. The van der Waals surface area contributed by atoms with Crippen molar-refractivity contribution in [1.82, 2.24) is 9.78 Å². The molecule has 0 fully saturated rings. The van der Waals surface area contributed by atoms with Gasteiger partial charge in [-0.1, -0.05) is 54.1 Å². The number of nitrogens with zero attached hydrogens (tertiary/aromatic N) is 3. The van der Waals surface area contributed by atoms with Crippen LogP contribution in [0.15, 0.2) is 48.5 Å². The first-order valence-electron chi connectivity index (χ1n) is 8.07. The number of aromatic nitrogens is 2. The van der Waals surface area contributed by atoms with E-state index in [2.05, 4.69) is 24.2 Å². The van der Waals surface area contributed by atoms with Crippen molar-refractivity contribution < 1.29 is 4.74 Å². The normalized spacial score (nSPS) is 10.4. The second-order valence-electron chi connectivity index (χ2n) is 6.04. The zero-order valence-electron chi connectivity index (χ0n) is 14.4. The molecular weight excluding hydrogens is 312 g/mol. The Morgan fingerprint density at radius 3 is 2.60 bits per heavy atom. The molecule has 0 bridgehead atoms. The van der Waals surface area contributed by atoms with Crippen molar-refractivity contribution in [2.45, 2.75) is 27.0 Å². The van der Waals surface area contributed by atoms with E-state index in [1.54, 1.807) is 4.68 Å². The number of nitrogens with two attached hydrogens (primary N) is 1. The Morgan fingerprint density at radius 1 is 1.16 bits per heavy atom. The Kier molecular flexibility index (Phi) is 4.71. The smallest absolute Gasteiger partial charge is 0.253 e. The fourth-order valence-corrected chi connectivity index (χ4v) is 2.69. The van der Waals surface area contributed by atoms with Gasteiger partial charge in [0, 0.05) is 0 Å². The molecule has 2 N–H and O–H groups in total. The zero-order valence-corrected chi connectivity index (χ0v) is 14.4. The predicted octanol–water partition coefficient (Wildman–Crippen LogP) is 3.58. The lowest BCUT2D eigenvalue weighted by molar-refractivity contribution is 0.288. The Hall–Kier alpha value is -3.26. The van der Waals surface area contributed by atoms with E-state index in [1.807, 2.05) is 49.4 Å². The Labute approximate surface area is 147 Å². The van der Waals surface area contributed by atoms with Crippen molar-refractivity contribution in [3.8, 4) is 11.9 Å². The van der Waals surface area contributed by atoms with Crippen molar-refractivity contribution in [3.63, 3.8) is 0 Å². The first kappa shape index (κ1) is 16.6. The molecule has 0 atom stereocenters. The minimum atomic E-state index is 0.274. The third-order valence-electron chi connectivity index (χ3n) is 4.11. The van der Waals surface area contributed by atoms with Crippen LogP contribution in [-0.4, -0.2) is 9.78 Å². The van der Waals surface area contributed by atoms with Crippen molar-refractivity contribution >= 4 is 5.82 Å². The van der Waals surface area contributed by atoms with E-state index in [0.29, 0.717) is 19.0 Å².